The summed E-state index contributed by atoms with van der Waals surface area (Å²) in [4.78, 5) is 26.6. The van der Waals surface area contributed by atoms with Crippen LogP contribution < -0.4 is 4.74 Å². The van der Waals surface area contributed by atoms with Crippen LogP contribution in [0.5, 0.6) is 5.75 Å². The molecular weight excluding hydrogens is 401 g/mol. The molecule has 0 bridgehead atoms. The van der Waals surface area contributed by atoms with Crippen LogP contribution in [0.3, 0.4) is 0 Å². The zero-order valence-corrected chi connectivity index (χ0v) is 16.8. The number of imide groups is 1. The van der Waals surface area contributed by atoms with Gasteiger partial charge < -0.3 is 4.74 Å². The third-order valence-corrected chi connectivity index (χ3v) is 5.47. The largest absolute Gasteiger partial charge is 0.489 e. The molecule has 1 aliphatic heterocycles. The van der Waals surface area contributed by atoms with E-state index in [1.165, 1.54) is 11.0 Å². The fraction of sp³-hybridized carbons (Fsp3) is 0.0833. The van der Waals surface area contributed by atoms with E-state index in [1.807, 2.05) is 36.4 Å². The van der Waals surface area contributed by atoms with Crippen LogP contribution in [0.4, 0.5) is 9.18 Å². The minimum absolute atomic E-state index is 0.101. The summed E-state index contributed by atoms with van der Waals surface area (Å²) in [6, 6.07) is 23.0. The highest BCUT2D eigenvalue weighted by Gasteiger charge is 2.34. The molecule has 0 atom stereocenters. The number of halogens is 1. The molecule has 30 heavy (non-hydrogen) atoms. The third-order valence-electron chi connectivity index (χ3n) is 4.57. The van der Waals surface area contributed by atoms with Crippen LogP contribution in [-0.2, 0) is 17.9 Å². The number of carbonyl (C=O) groups is 2. The number of benzene rings is 3. The van der Waals surface area contributed by atoms with Crippen molar-refractivity contribution >= 4 is 29.0 Å². The molecule has 2 amide bonds. The Balaban J connectivity index is 1.47. The topological polar surface area (TPSA) is 46.6 Å². The molecule has 3 aromatic carbocycles. The van der Waals surface area contributed by atoms with E-state index >= 15 is 0 Å². The number of thioether (sulfide) groups is 1. The van der Waals surface area contributed by atoms with E-state index in [2.05, 4.69) is 0 Å². The highest BCUT2D eigenvalue weighted by Crippen LogP contribution is 2.33. The molecule has 0 N–H and O–H groups in total. The maximum Gasteiger partial charge on any atom is 0.293 e. The van der Waals surface area contributed by atoms with E-state index in [-0.39, 0.29) is 30.1 Å². The predicted octanol–water partition coefficient (Wildman–Crippen LogP) is 5.64. The average molecular weight is 419 g/mol. The second kappa shape index (κ2) is 8.97. The minimum Gasteiger partial charge on any atom is -0.489 e. The molecule has 6 heteroatoms. The van der Waals surface area contributed by atoms with Crippen molar-refractivity contribution in [1.82, 2.24) is 4.90 Å². The second-order valence-electron chi connectivity index (χ2n) is 6.71. The van der Waals surface area contributed by atoms with Crippen LogP contribution in [0.1, 0.15) is 16.7 Å². The summed E-state index contributed by atoms with van der Waals surface area (Å²) in [5.41, 5.74) is 2.08. The molecule has 1 saturated heterocycles. The van der Waals surface area contributed by atoms with Gasteiger partial charge in [-0.3, -0.25) is 14.5 Å². The summed E-state index contributed by atoms with van der Waals surface area (Å²) >= 11 is 0.922. The van der Waals surface area contributed by atoms with Crippen molar-refractivity contribution < 1.29 is 18.7 Å². The number of rotatable bonds is 6. The lowest BCUT2D eigenvalue weighted by Gasteiger charge is -2.12. The van der Waals surface area contributed by atoms with Gasteiger partial charge in [0.2, 0.25) is 0 Å². The van der Waals surface area contributed by atoms with Crippen molar-refractivity contribution in [2.24, 2.45) is 0 Å². The van der Waals surface area contributed by atoms with Crippen LogP contribution in [0.15, 0.2) is 83.8 Å². The van der Waals surface area contributed by atoms with Gasteiger partial charge in [-0.25, -0.2) is 4.39 Å². The normalized spacial score (nSPS) is 15.1. The average Bonchev–Trinajstić information content (AvgIpc) is 3.01. The molecule has 150 valence electrons. The molecule has 0 radical (unpaired) electrons. The number of hydrogen-bond donors (Lipinski definition) is 0. The SMILES string of the molecule is O=C1S/C(=C\c2cccc(OCc3ccccc3F)c2)C(=O)N1Cc1ccccc1. The number of nitrogens with zero attached hydrogens (tertiary/aromatic N) is 1. The first-order valence-electron chi connectivity index (χ1n) is 9.36. The summed E-state index contributed by atoms with van der Waals surface area (Å²) in [6.07, 6.45) is 1.67. The molecule has 0 aliphatic carbocycles. The van der Waals surface area contributed by atoms with Gasteiger partial charge in [-0.05, 0) is 47.2 Å². The first-order valence-corrected chi connectivity index (χ1v) is 10.2. The van der Waals surface area contributed by atoms with Crippen molar-refractivity contribution in [1.29, 1.82) is 0 Å². The van der Waals surface area contributed by atoms with Gasteiger partial charge in [0.05, 0.1) is 11.4 Å². The smallest absolute Gasteiger partial charge is 0.293 e. The van der Waals surface area contributed by atoms with E-state index < -0.39 is 0 Å². The Labute approximate surface area is 178 Å². The fourth-order valence-corrected chi connectivity index (χ4v) is 3.86. The number of ether oxygens (including phenoxy) is 1. The van der Waals surface area contributed by atoms with Gasteiger partial charge in [0.25, 0.3) is 11.1 Å². The Bertz CT molecular complexity index is 1110. The first-order chi connectivity index (χ1) is 14.6. The second-order valence-corrected chi connectivity index (χ2v) is 7.70. The Kier molecular flexibility index (Phi) is 5.95. The lowest BCUT2D eigenvalue weighted by Crippen LogP contribution is -2.27. The van der Waals surface area contributed by atoms with Gasteiger partial charge in [0.15, 0.2) is 0 Å². The molecule has 1 aliphatic rings. The Morgan fingerprint density at radius 2 is 1.70 bits per heavy atom. The molecule has 4 rings (SSSR count). The highest BCUT2D eigenvalue weighted by molar-refractivity contribution is 8.18. The minimum atomic E-state index is -0.319. The molecule has 0 spiro atoms. The quantitative estimate of drug-likeness (QED) is 0.485. The lowest BCUT2D eigenvalue weighted by molar-refractivity contribution is -0.123. The number of carbonyl (C=O) groups excluding carboxylic acids is 2. The van der Waals surface area contributed by atoms with Gasteiger partial charge in [-0.15, -0.1) is 0 Å². The van der Waals surface area contributed by atoms with E-state index in [9.17, 15) is 14.0 Å². The standard InChI is InChI=1S/C24H18FNO3S/c25-21-12-5-4-10-19(21)16-29-20-11-6-9-18(13-20)14-22-23(27)26(24(28)30-22)15-17-7-2-1-3-8-17/h1-14H,15-16H2/b22-14-. The van der Waals surface area contributed by atoms with Crippen molar-refractivity contribution in [2.45, 2.75) is 13.2 Å². The Morgan fingerprint density at radius 1 is 0.933 bits per heavy atom. The van der Waals surface area contributed by atoms with Crippen molar-refractivity contribution in [2.75, 3.05) is 0 Å². The monoisotopic (exact) mass is 419 g/mol. The fourth-order valence-electron chi connectivity index (χ4n) is 3.02. The summed E-state index contributed by atoms with van der Waals surface area (Å²) in [5, 5.41) is -0.290. The zero-order chi connectivity index (χ0) is 20.9. The van der Waals surface area contributed by atoms with Crippen LogP contribution in [0.2, 0.25) is 0 Å². The number of hydrogen-bond acceptors (Lipinski definition) is 4. The summed E-state index contributed by atoms with van der Waals surface area (Å²) in [5.74, 6) is -0.0807. The highest BCUT2D eigenvalue weighted by atomic mass is 32.2. The van der Waals surface area contributed by atoms with Gasteiger partial charge in [-0.1, -0.05) is 60.7 Å². The van der Waals surface area contributed by atoms with Gasteiger partial charge in [-0.2, -0.15) is 0 Å². The molecule has 1 heterocycles. The van der Waals surface area contributed by atoms with Gasteiger partial charge >= 0.3 is 0 Å². The molecule has 0 unspecified atom stereocenters. The zero-order valence-electron chi connectivity index (χ0n) is 16.0. The maximum absolute atomic E-state index is 13.7. The molecule has 1 fully saturated rings. The van der Waals surface area contributed by atoms with Crippen LogP contribution in [-0.4, -0.2) is 16.0 Å². The molecule has 0 saturated carbocycles. The van der Waals surface area contributed by atoms with Gasteiger partial charge in [0, 0.05) is 5.56 Å². The van der Waals surface area contributed by atoms with Crippen molar-refractivity contribution in [3.05, 3.63) is 106 Å². The van der Waals surface area contributed by atoms with Crippen LogP contribution in [0.25, 0.3) is 6.08 Å². The van der Waals surface area contributed by atoms with Crippen molar-refractivity contribution in [3.63, 3.8) is 0 Å². The van der Waals surface area contributed by atoms with Gasteiger partial charge in [0.1, 0.15) is 18.2 Å². The van der Waals surface area contributed by atoms with E-state index in [1.54, 1.807) is 42.5 Å². The van der Waals surface area contributed by atoms with Crippen molar-refractivity contribution in [3.8, 4) is 5.75 Å². The lowest BCUT2D eigenvalue weighted by atomic mass is 10.2. The molecular formula is C24H18FNO3S. The molecule has 0 aromatic heterocycles. The van der Waals surface area contributed by atoms with Crippen LogP contribution in [0, 0.1) is 5.82 Å². The van der Waals surface area contributed by atoms with Crippen LogP contribution >= 0.6 is 11.8 Å². The summed E-state index contributed by atoms with van der Waals surface area (Å²) in [7, 11) is 0. The number of amides is 2. The third kappa shape index (κ3) is 4.60. The summed E-state index contributed by atoms with van der Waals surface area (Å²) in [6.45, 7) is 0.346. The Hall–Kier alpha value is -3.38. The molecule has 3 aromatic rings. The Morgan fingerprint density at radius 3 is 2.50 bits per heavy atom. The first kappa shape index (κ1) is 19.9. The van der Waals surface area contributed by atoms with E-state index in [4.69, 9.17) is 4.74 Å². The van der Waals surface area contributed by atoms with E-state index in [0.29, 0.717) is 16.2 Å². The van der Waals surface area contributed by atoms with E-state index in [0.717, 1.165) is 22.9 Å². The maximum atomic E-state index is 13.7. The predicted molar refractivity (Wildman–Crippen MR) is 115 cm³/mol. The summed E-state index contributed by atoms with van der Waals surface area (Å²) < 4.78 is 19.4. The molecule has 4 nitrogen and oxygen atoms in total.